The first-order valence-corrected chi connectivity index (χ1v) is 12.3. The highest BCUT2D eigenvalue weighted by Crippen LogP contribution is 2.30. The van der Waals surface area contributed by atoms with E-state index in [2.05, 4.69) is 17.2 Å². The van der Waals surface area contributed by atoms with Gasteiger partial charge in [-0.25, -0.2) is 4.98 Å². The average molecular weight is 476 g/mol. The summed E-state index contributed by atoms with van der Waals surface area (Å²) in [4.78, 5) is 43.5. The molecular weight excluding hydrogens is 442 g/mol. The normalized spacial score (nSPS) is 13.8. The molecule has 1 fully saturated rings. The minimum Gasteiger partial charge on any atom is -0.370 e. The molecule has 0 radical (unpaired) electrons. The fourth-order valence-corrected chi connectivity index (χ4v) is 4.68. The van der Waals surface area contributed by atoms with Gasteiger partial charge in [-0.05, 0) is 61.1 Å². The average Bonchev–Trinajstić information content (AvgIpc) is 3.49. The fraction of sp³-hybridized carbons (Fsp3) is 0.407. The van der Waals surface area contributed by atoms with Crippen molar-refractivity contribution in [3.05, 3.63) is 53.6 Å². The van der Waals surface area contributed by atoms with Crippen LogP contribution in [0.15, 0.2) is 42.5 Å². The van der Waals surface area contributed by atoms with Crippen molar-refractivity contribution >= 4 is 40.4 Å². The number of primary amides is 1. The van der Waals surface area contributed by atoms with E-state index < -0.39 is 5.91 Å². The van der Waals surface area contributed by atoms with Gasteiger partial charge in [0.05, 0.1) is 11.0 Å². The van der Waals surface area contributed by atoms with Crippen LogP contribution in [0.4, 0.5) is 11.6 Å². The lowest BCUT2D eigenvalue weighted by Gasteiger charge is -2.19. The Kier molecular flexibility index (Phi) is 7.48. The van der Waals surface area contributed by atoms with Gasteiger partial charge in [0.1, 0.15) is 0 Å². The first kappa shape index (κ1) is 24.4. The topological polar surface area (TPSA) is 110 Å². The highest BCUT2D eigenvalue weighted by atomic mass is 16.2. The molecule has 1 saturated carbocycles. The molecular formula is C27H33N5O3. The number of nitrogens with one attached hydrogen (secondary N) is 1. The number of benzene rings is 2. The number of fused-ring (bicyclic) bond motifs is 1. The number of hydrogen-bond donors (Lipinski definition) is 2. The molecule has 1 aliphatic carbocycles. The molecule has 184 valence electrons. The predicted molar refractivity (Wildman–Crippen MR) is 137 cm³/mol. The van der Waals surface area contributed by atoms with E-state index in [4.69, 9.17) is 5.73 Å². The maximum Gasteiger partial charge on any atom is 0.257 e. The highest BCUT2D eigenvalue weighted by molar-refractivity contribution is 6.04. The van der Waals surface area contributed by atoms with Crippen molar-refractivity contribution < 1.29 is 14.4 Å². The van der Waals surface area contributed by atoms with Gasteiger partial charge in [0.15, 0.2) is 0 Å². The molecule has 3 amide bonds. The summed E-state index contributed by atoms with van der Waals surface area (Å²) >= 11 is 0. The van der Waals surface area contributed by atoms with Gasteiger partial charge >= 0.3 is 0 Å². The number of rotatable bonds is 9. The van der Waals surface area contributed by atoms with E-state index in [1.165, 1.54) is 12.8 Å². The second-order valence-corrected chi connectivity index (χ2v) is 9.29. The van der Waals surface area contributed by atoms with E-state index in [-0.39, 0.29) is 24.8 Å². The molecule has 0 saturated heterocycles. The van der Waals surface area contributed by atoms with Crippen LogP contribution in [0.25, 0.3) is 11.0 Å². The summed E-state index contributed by atoms with van der Waals surface area (Å²) in [6.45, 7) is 2.34. The zero-order chi connectivity index (χ0) is 24.9. The number of imidazole rings is 1. The lowest BCUT2D eigenvalue weighted by molar-refractivity contribution is -0.119. The molecule has 0 atom stereocenters. The number of amides is 3. The molecule has 4 rings (SSSR count). The van der Waals surface area contributed by atoms with Crippen molar-refractivity contribution in [1.29, 1.82) is 0 Å². The Morgan fingerprint density at radius 1 is 1.11 bits per heavy atom. The summed E-state index contributed by atoms with van der Waals surface area (Å²) < 4.78 is 1.78. The molecule has 0 spiro atoms. The first-order chi connectivity index (χ1) is 16.9. The summed E-state index contributed by atoms with van der Waals surface area (Å²) in [5, 5.41) is 2.88. The number of carbonyl (C=O) groups is 3. The van der Waals surface area contributed by atoms with Gasteiger partial charge in [-0.2, -0.15) is 0 Å². The molecule has 0 aliphatic heterocycles. The maximum atomic E-state index is 12.9. The van der Waals surface area contributed by atoms with Gasteiger partial charge in [-0.1, -0.05) is 31.9 Å². The molecule has 2 aromatic carbocycles. The molecule has 35 heavy (non-hydrogen) atoms. The number of carbonyl (C=O) groups excluding carboxylic acids is 3. The molecule has 0 bridgehead atoms. The van der Waals surface area contributed by atoms with Crippen LogP contribution in [0.2, 0.25) is 0 Å². The summed E-state index contributed by atoms with van der Waals surface area (Å²) in [6, 6.07) is 13.0. The number of aryl methyl sites for hydroxylation is 2. The Morgan fingerprint density at radius 2 is 1.83 bits per heavy atom. The van der Waals surface area contributed by atoms with E-state index in [0.717, 1.165) is 36.0 Å². The predicted octanol–water partition coefficient (Wildman–Crippen LogP) is 4.27. The number of nitrogens with zero attached hydrogens (tertiary/aromatic N) is 3. The lowest BCUT2D eigenvalue weighted by atomic mass is 10.0. The molecule has 1 aromatic heterocycles. The van der Waals surface area contributed by atoms with Crippen LogP contribution in [0, 0.1) is 5.92 Å². The minimum atomic E-state index is -0.437. The van der Waals surface area contributed by atoms with Crippen LogP contribution in [-0.2, 0) is 22.6 Å². The third kappa shape index (κ3) is 5.70. The number of hydrogen-bond acceptors (Lipinski definition) is 4. The third-order valence-electron chi connectivity index (χ3n) is 6.86. The van der Waals surface area contributed by atoms with Gasteiger partial charge in [0, 0.05) is 37.7 Å². The van der Waals surface area contributed by atoms with Crippen molar-refractivity contribution in [1.82, 2.24) is 9.55 Å². The van der Waals surface area contributed by atoms with Crippen LogP contribution >= 0.6 is 0 Å². The Labute approximate surface area is 205 Å². The Bertz CT molecular complexity index is 1230. The molecule has 1 heterocycles. The number of nitrogens with two attached hydrogens (primary N) is 1. The Morgan fingerprint density at radius 3 is 2.49 bits per heavy atom. The van der Waals surface area contributed by atoms with E-state index >= 15 is 0 Å². The van der Waals surface area contributed by atoms with Gasteiger partial charge in [-0.3, -0.25) is 19.7 Å². The van der Waals surface area contributed by atoms with Crippen molar-refractivity contribution in [2.75, 3.05) is 17.3 Å². The van der Waals surface area contributed by atoms with Gasteiger partial charge in [0.2, 0.25) is 17.8 Å². The zero-order valence-corrected chi connectivity index (χ0v) is 20.4. The van der Waals surface area contributed by atoms with E-state index in [0.29, 0.717) is 29.4 Å². The van der Waals surface area contributed by atoms with Crippen LogP contribution in [0.5, 0.6) is 0 Å². The van der Waals surface area contributed by atoms with Crippen LogP contribution < -0.4 is 16.0 Å². The highest BCUT2D eigenvalue weighted by Gasteiger charge is 2.22. The van der Waals surface area contributed by atoms with Gasteiger partial charge in [-0.15, -0.1) is 0 Å². The van der Waals surface area contributed by atoms with E-state index in [1.807, 2.05) is 30.3 Å². The monoisotopic (exact) mass is 475 g/mol. The van der Waals surface area contributed by atoms with Gasteiger partial charge < -0.3 is 15.2 Å². The SMILES string of the molecule is CCc1ccc(C(=O)Nc2nc3cc(N(C)C(=O)CC4CCCC4)ccc3n2CCC(N)=O)cc1. The van der Waals surface area contributed by atoms with Crippen LogP contribution in [0.1, 0.15) is 61.4 Å². The summed E-state index contributed by atoms with van der Waals surface area (Å²) in [7, 11) is 1.78. The van der Waals surface area contributed by atoms with Crippen molar-refractivity contribution in [2.24, 2.45) is 11.7 Å². The molecule has 8 heteroatoms. The Hall–Kier alpha value is -3.68. The molecule has 3 N–H and O–H groups in total. The molecule has 1 aliphatic rings. The zero-order valence-electron chi connectivity index (χ0n) is 20.4. The van der Waals surface area contributed by atoms with Crippen molar-refractivity contribution in [3.8, 4) is 0 Å². The van der Waals surface area contributed by atoms with E-state index in [1.54, 1.807) is 28.6 Å². The third-order valence-corrected chi connectivity index (χ3v) is 6.86. The van der Waals surface area contributed by atoms with E-state index in [9.17, 15) is 14.4 Å². The second-order valence-electron chi connectivity index (χ2n) is 9.29. The molecule has 3 aromatic rings. The molecule has 0 unspecified atom stereocenters. The van der Waals surface area contributed by atoms with Gasteiger partial charge in [0.25, 0.3) is 5.91 Å². The van der Waals surface area contributed by atoms with Crippen molar-refractivity contribution in [2.45, 2.75) is 58.4 Å². The smallest absolute Gasteiger partial charge is 0.257 e. The first-order valence-electron chi connectivity index (χ1n) is 12.3. The summed E-state index contributed by atoms with van der Waals surface area (Å²) in [5.41, 5.74) is 9.18. The second kappa shape index (κ2) is 10.7. The summed E-state index contributed by atoms with van der Waals surface area (Å²) in [6.07, 6.45) is 6.20. The van der Waals surface area contributed by atoms with Crippen LogP contribution in [-0.4, -0.2) is 34.3 Å². The maximum absolute atomic E-state index is 12.9. The quantitative estimate of drug-likeness (QED) is 0.481. The molecule has 8 nitrogen and oxygen atoms in total. The minimum absolute atomic E-state index is 0.0912. The Balaban J connectivity index is 1.60. The standard InChI is InChI=1S/C27H33N5O3/c1-3-18-8-10-20(11-9-18)26(35)30-27-29-22-17-21(12-13-23(22)32(27)15-14-24(28)33)31(2)25(34)16-19-6-4-5-7-19/h8-13,17,19H,3-7,14-16H2,1-2H3,(H2,28,33)(H,29,30,35). The number of aromatic nitrogens is 2. The number of anilines is 2. The van der Waals surface area contributed by atoms with Crippen LogP contribution in [0.3, 0.4) is 0 Å². The largest absolute Gasteiger partial charge is 0.370 e. The fourth-order valence-electron chi connectivity index (χ4n) is 4.68. The summed E-state index contributed by atoms with van der Waals surface area (Å²) in [5.74, 6) is 0.173. The lowest BCUT2D eigenvalue weighted by Crippen LogP contribution is -2.27. The van der Waals surface area contributed by atoms with Crippen molar-refractivity contribution in [3.63, 3.8) is 0 Å².